The van der Waals surface area contributed by atoms with E-state index in [1.807, 2.05) is 25.1 Å². The minimum absolute atomic E-state index is 0.544. The van der Waals surface area contributed by atoms with Crippen molar-refractivity contribution in [1.82, 2.24) is 4.90 Å². The van der Waals surface area contributed by atoms with Crippen molar-refractivity contribution in [3.63, 3.8) is 0 Å². The van der Waals surface area contributed by atoms with E-state index in [1.54, 1.807) is 12.1 Å². The Morgan fingerprint density at radius 3 is 2.72 bits per heavy atom. The summed E-state index contributed by atoms with van der Waals surface area (Å²) in [6.45, 7) is 3.52. The van der Waals surface area contributed by atoms with E-state index in [0.29, 0.717) is 18.1 Å². The van der Waals surface area contributed by atoms with Crippen molar-refractivity contribution in [1.29, 1.82) is 0 Å². The highest BCUT2D eigenvalue weighted by molar-refractivity contribution is 6.30. The molecule has 0 saturated heterocycles. The number of benzene rings is 1. The van der Waals surface area contributed by atoms with Gasteiger partial charge in [-0.1, -0.05) is 18.5 Å². The van der Waals surface area contributed by atoms with Crippen LogP contribution in [0.2, 0.25) is 5.02 Å². The summed E-state index contributed by atoms with van der Waals surface area (Å²) in [7, 11) is 3.97. The lowest BCUT2D eigenvalue weighted by Crippen LogP contribution is -2.16. The van der Waals surface area contributed by atoms with Crippen LogP contribution in [0.5, 0.6) is 5.75 Å². The van der Waals surface area contributed by atoms with Gasteiger partial charge in [-0.25, -0.2) is 0 Å². The van der Waals surface area contributed by atoms with Gasteiger partial charge in [0.15, 0.2) is 0 Å². The van der Waals surface area contributed by atoms with Crippen LogP contribution in [-0.2, 0) is 0 Å². The van der Waals surface area contributed by atoms with Crippen LogP contribution in [0.25, 0.3) is 0 Å². The molecular formula is C14H22ClNO2. The van der Waals surface area contributed by atoms with Crippen molar-refractivity contribution in [3.8, 4) is 5.75 Å². The average molecular weight is 272 g/mol. The fraction of sp³-hybridized carbons (Fsp3) is 0.571. The molecule has 1 unspecified atom stereocenters. The lowest BCUT2D eigenvalue weighted by molar-refractivity contribution is 0.149. The van der Waals surface area contributed by atoms with Crippen LogP contribution >= 0.6 is 11.6 Å². The molecule has 18 heavy (non-hydrogen) atoms. The van der Waals surface area contributed by atoms with Gasteiger partial charge in [-0.2, -0.15) is 0 Å². The SMILES string of the molecule is CCCOc1ccc(Cl)cc1C(O)CCN(C)C. The first-order valence-electron chi connectivity index (χ1n) is 6.29. The van der Waals surface area contributed by atoms with Crippen molar-refractivity contribution in [2.45, 2.75) is 25.9 Å². The van der Waals surface area contributed by atoms with Gasteiger partial charge in [-0.15, -0.1) is 0 Å². The van der Waals surface area contributed by atoms with Gasteiger partial charge >= 0.3 is 0 Å². The molecule has 0 aliphatic rings. The van der Waals surface area contributed by atoms with E-state index < -0.39 is 6.10 Å². The van der Waals surface area contributed by atoms with Gasteiger partial charge in [0.05, 0.1) is 12.7 Å². The molecule has 0 aromatic heterocycles. The Morgan fingerprint density at radius 1 is 1.39 bits per heavy atom. The Hall–Kier alpha value is -0.770. The molecule has 1 atom stereocenters. The highest BCUT2D eigenvalue weighted by atomic mass is 35.5. The van der Waals surface area contributed by atoms with Crippen LogP contribution in [0.4, 0.5) is 0 Å². The average Bonchev–Trinajstić information content (AvgIpc) is 2.34. The highest BCUT2D eigenvalue weighted by Crippen LogP contribution is 2.30. The van der Waals surface area contributed by atoms with E-state index >= 15 is 0 Å². The Labute approximate surface area is 114 Å². The van der Waals surface area contributed by atoms with E-state index in [0.717, 1.165) is 24.3 Å². The molecule has 1 rings (SSSR count). The third kappa shape index (κ3) is 4.84. The van der Waals surface area contributed by atoms with Crippen LogP contribution in [0.15, 0.2) is 18.2 Å². The summed E-state index contributed by atoms with van der Waals surface area (Å²) < 4.78 is 5.64. The van der Waals surface area contributed by atoms with E-state index in [4.69, 9.17) is 16.3 Å². The number of aliphatic hydroxyl groups is 1. The quantitative estimate of drug-likeness (QED) is 0.827. The second kappa shape index (κ2) is 7.62. The van der Waals surface area contributed by atoms with Gasteiger partial charge < -0.3 is 14.7 Å². The summed E-state index contributed by atoms with van der Waals surface area (Å²) >= 11 is 5.98. The predicted octanol–water partition coefficient (Wildman–Crippen LogP) is 3.11. The predicted molar refractivity (Wildman–Crippen MR) is 75.4 cm³/mol. The zero-order valence-electron chi connectivity index (χ0n) is 11.3. The third-order valence-electron chi connectivity index (χ3n) is 2.64. The van der Waals surface area contributed by atoms with Crippen molar-refractivity contribution >= 4 is 11.6 Å². The zero-order chi connectivity index (χ0) is 13.5. The fourth-order valence-electron chi connectivity index (χ4n) is 1.66. The second-order valence-corrected chi connectivity index (χ2v) is 5.07. The zero-order valence-corrected chi connectivity index (χ0v) is 12.1. The Bertz CT molecular complexity index is 369. The maximum absolute atomic E-state index is 10.2. The Morgan fingerprint density at radius 2 is 2.11 bits per heavy atom. The van der Waals surface area contributed by atoms with E-state index in [1.165, 1.54) is 0 Å². The monoisotopic (exact) mass is 271 g/mol. The lowest BCUT2D eigenvalue weighted by atomic mass is 10.1. The van der Waals surface area contributed by atoms with Crippen LogP contribution in [0, 0.1) is 0 Å². The number of nitrogens with zero attached hydrogens (tertiary/aromatic N) is 1. The molecule has 4 heteroatoms. The van der Waals surface area contributed by atoms with Crippen LogP contribution < -0.4 is 4.74 Å². The molecule has 0 radical (unpaired) electrons. The molecule has 102 valence electrons. The molecule has 0 saturated carbocycles. The third-order valence-corrected chi connectivity index (χ3v) is 2.88. The Kier molecular flexibility index (Phi) is 6.47. The maximum atomic E-state index is 10.2. The fourth-order valence-corrected chi connectivity index (χ4v) is 1.84. The summed E-state index contributed by atoms with van der Waals surface area (Å²) in [4.78, 5) is 2.04. The number of halogens is 1. The van der Waals surface area contributed by atoms with Crippen LogP contribution in [-0.4, -0.2) is 37.3 Å². The van der Waals surface area contributed by atoms with Crippen molar-refractivity contribution in [2.75, 3.05) is 27.2 Å². The van der Waals surface area contributed by atoms with Gasteiger partial charge in [-0.05, 0) is 45.1 Å². The molecule has 0 amide bonds. The molecular weight excluding hydrogens is 250 g/mol. The number of hydrogen-bond donors (Lipinski definition) is 1. The normalized spacial score (nSPS) is 12.8. The lowest BCUT2D eigenvalue weighted by Gasteiger charge is -2.18. The largest absolute Gasteiger partial charge is 0.493 e. The summed E-state index contributed by atoms with van der Waals surface area (Å²) in [5.41, 5.74) is 0.776. The standard InChI is InChI=1S/C14H22ClNO2/c1-4-9-18-14-6-5-11(15)10-12(14)13(17)7-8-16(2)3/h5-6,10,13,17H,4,7-9H2,1-3H3. The van der Waals surface area contributed by atoms with Gasteiger partial charge in [0.2, 0.25) is 0 Å². The van der Waals surface area contributed by atoms with Crippen molar-refractivity contribution in [3.05, 3.63) is 28.8 Å². The van der Waals surface area contributed by atoms with E-state index in [-0.39, 0.29) is 0 Å². The molecule has 0 spiro atoms. The number of rotatable bonds is 7. The van der Waals surface area contributed by atoms with Gasteiger partial charge in [0.25, 0.3) is 0 Å². The number of hydrogen-bond acceptors (Lipinski definition) is 3. The molecule has 0 aliphatic carbocycles. The molecule has 1 aromatic carbocycles. The van der Waals surface area contributed by atoms with Crippen molar-refractivity contribution < 1.29 is 9.84 Å². The molecule has 0 heterocycles. The summed E-state index contributed by atoms with van der Waals surface area (Å²) in [5.74, 6) is 0.729. The maximum Gasteiger partial charge on any atom is 0.125 e. The van der Waals surface area contributed by atoms with E-state index in [9.17, 15) is 5.11 Å². The smallest absolute Gasteiger partial charge is 0.125 e. The topological polar surface area (TPSA) is 32.7 Å². The molecule has 1 aromatic rings. The van der Waals surface area contributed by atoms with Gasteiger partial charge in [-0.3, -0.25) is 0 Å². The summed E-state index contributed by atoms with van der Waals surface area (Å²) in [6.07, 6.45) is 1.06. The molecule has 0 fully saturated rings. The van der Waals surface area contributed by atoms with Crippen LogP contribution in [0.3, 0.4) is 0 Å². The molecule has 0 bridgehead atoms. The highest BCUT2D eigenvalue weighted by Gasteiger charge is 2.14. The minimum Gasteiger partial charge on any atom is -0.493 e. The van der Waals surface area contributed by atoms with Crippen molar-refractivity contribution in [2.24, 2.45) is 0 Å². The van der Waals surface area contributed by atoms with Crippen LogP contribution in [0.1, 0.15) is 31.4 Å². The Balaban J connectivity index is 2.79. The first kappa shape index (κ1) is 15.3. The molecule has 0 aliphatic heterocycles. The number of aliphatic hydroxyl groups excluding tert-OH is 1. The molecule has 1 N–H and O–H groups in total. The second-order valence-electron chi connectivity index (χ2n) is 4.64. The summed E-state index contributed by atoms with van der Waals surface area (Å²) in [5, 5.41) is 10.8. The summed E-state index contributed by atoms with van der Waals surface area (Å²) in [6, 6.07) is 5.40. The van der Waals surface area contributed by atoms with E-state index in [2.05, 4.69) is 6.92 Å². The van der Waals surface area contributed by atoms with Gasteiger partial charge in [0, 0.05) is 17.1 Å². The molecule has 3 nitrogen and oxygen atoms in total. The first-order valence-corrected chi connectivity index (χ1v) is 6.67. The minimum atomic E-state index is -0.544. The number of ether oxygens (including phenoxy) is 1. The first-order chi connectivity index (χ1) is 8.54. The van der Waals surface area contributed by atoms with Gasteiger partial charge in [0.1, 0.15) is 5.75 Å².